The number of hydrogen-bond acceptors (Lipinski definition) is 4. The van der Waals surface area contributed by atoms with Crippen LogP contribution < -0.4 is 11.1 Å². The molecule has 0 aromatic heterocycles. The summed E-state index contributed by atoms with van der Waals surface area (Å²) in [6.07, 6.45) is 1.42. The molecular formula is C13H24N2O3. The first-order chi connectivity index (χ1) is 8.31. The summed E-state index contributed by atoms with van der Waals surface area (Å²) >= 11 is 0. The first-order valence-corrected chi connectivity index (χ1v) is 6.68. The van der Waals surface area contributed by atoms with Crippen molar-refractivity contribution >= 4 is 5.91 Å². The van der Waals surface area contributed by atoms with Gasteiger partial charge in [-0.25, -0.2) is 0 Å². The third kappa shape index (κ3) is 1.76. The van der Waals surface area contributed by atoms with E-state index in [0.29, 0.717) is 0 Å². The van der Waals surface area contributed by atoms with Crippen molar-refractivity contribution in [1.82, 2.24) is 5.32 Å². The van der Waals surface area contributed by atoms with Crippen molar-refractivity contribution in [1.29, 1.82) is 0 Å². The molecule has 3 unspecified atom stereocenters. The number of nitrogens with one attached hydrogen (secondary N) is 1. The Morgan fingerprint density at radius 2 is 2.28 bits per heavy atom. The molecule has 1 saturated heterocycles. The summed E-state index contributed by atoms with van der Waals surface area (Å²) in [5.74, 6) is -0.0737. The highest BCUT2D eigenvalue weighted by Crippen LogP contribution is 2.57. The zero-order valence-electron chi connectivity index (χ0n) is 11.4. The molecule has 0 aromatic carbocycles. The number of fused-ring (bicyclic) bond motifs is 1. The van der Waals surface area contributed by atoms with Crippen LogP contribution >= 0.6 is 0 Å². The average molecular weight is 256 g/mol. The number of amides is 1. The zero-order valence-corrected chi connectivity index (χ0v) is 11.4. The third-order valence-electron chi connectivity index (χ3n) is 4.62. The maximum absolute atomic E-state index is 12.3. The first kappa shape index (κ1) is 13.8. The van der Waals surface area contributed by atoms with Crippen LogP contribution in [0.2, 0.25) is 0 Å². The topological polar surface area (TPSA) is 84.6 Å². The van der Waals surface area contributed by atoms with Gasteiger partial charge in [0.2, 0.25) is 5.91 Å². The van der Waals surface area contributed by atoms with E-state index in [2.05, 4.69) is 5.32 Å². The van der Waals surface area contributed by atoms with Crippen LogP contribution in [0.3, 0.4) is 0 Å². The molecule has 4 atom stereocenters. The predicted molar refractivity (Wildman–Crippen MR) is 67.9 cm³/mol. The molecule has 0 aromatic rings. The molecule has 4 N–H and O–H groups in total. The smallest absolute Gasteiger partial charge is 0.241 e. The molecule has 2 rings (SSSR count). The van der Waals surface area contributed by atoms with E-state index in [9.17, 15) is 9.90 Å². The molecule has 1 heterocycles. The number of carbonyl (C=O) groups is 1. The molecule has 104 valence electrons. The Balaban J connectivity index is 2.11. The van der Waals surface area contributed by atoms with E-state index in [1.807, 2.05) is 13.8 Å². The fraction of sp³-hybridized carbons (Fsp3) is 0.923. The van der Waals surface area contributed by atoms with Crippen LogP contribution in [0.25, 0.3) is 0 Å². The largest absolute Gasteiger partial charge is 0.392 e. The maximum Gasteiger partial charge on any atom is 0.241 e. The number of hydrogen-bond donors (Lipinski definition) is 3. The van der Waals surface area contributed by atoms with Gasteiger partial charge in [0, 0.05) is 24.5 Å². The Morgan fingerprint density at radius 1 is 1.61 bits per heavy atom. The van der Waals surface area contributed by atoms with Crippen LogP contribution in [-0.2, 0) is 9.53 Å². The summed E-state index contributed by atoms with van der Waals surface area (Å²) in [5, 5.41) is 12.0. The first-order valence-electron chi connectivity index (χ1n) is 6.68. The Labute approximate surface area is 108 Å². The van der Waals surface area contributed by atoms with Gasteiger partial charge in [-0.1, -0.05) is 13.8 Å². The van der Waals surface area contributed by atoms with Crippen molar-refractivity contribution in [2.75, 3.05) is 13.2 Å². The van der Waals surface area contributed by atoms with Gasteiger partial charge in [-0.3, -0.25) is 4.79 Å². The van der Waals surface area contributed by atoms with Gasteiger partial charge in [0.15, 0.2) is 0 Å². The van der Waals surface area contributed by atoms with Crippen molar-refractivity contribution in [2.24, 2.45) is 17.1 Å². The molecule has 1 amide bonds. The monoisotopic (exact) mass is 256 g/mol. The lowest BCUT2D eigenvalue weighted by Gasteiger charge is -2.65. The van der Waals surface area contributed by atoms with Gasteiger partial charge >= 0.3 is 0 Å². The second kappa shape index (κ2) is 4.47. The number of ether oxygens (including phenoxy) is 1. The highest BCUT2D eigenvalue weighted by atomic mass is 16.5. The van der Waals surface area contributed by atoms with Gasteiger partial charge < -0.3 is 20.9 Å². The van der Waals surface area contributed by atoms with E-state index >= 15 is 0 Å². The summed E-state index contributed by atoms with van der Waals surface area (Å²) in [6.45, 7) is 6.62. The van der Waals surface area contributed by atoms with Crippen LogP contribution in [0.5, 0.6) is 0 Å². The van der Waals surface area contributed by atoms with Crippen molar-refractivity contribution in [3.05, 3.63) is 0 Å². The molecule has 5 heteroatoms. The molecule has 2 aliphatic rings. The lowest BCUT2D eigenvalue weighted by Crippen LogP contribution is -2.82. The quantitative estimate of drug-likeness (QED) is 0.664. The van der Waals surface area contributed by atoms with Gasteiger partial charge in [-0.15, -0.1) is 0 Å². The molecule has 2 fully saturated rings. The molecule has 5 nitrogen and oxygen atoms in total. The summed E-state index contributed by atoms with van der Waals surface area (Å²) in [5.41, 5.74) is 5.15. The number of aliphatic hydroxyl groups is 1. The minimum Gasteiger partial charge on any atom is -0.392 e. The summed E-state index contributed by atoms with van der Waals surface area (Å²) < 4.78 is 5.75. The fourth-order valence-corrected chi connectivity index (χ4v) is 3.42. The lowest BCUT2D eigenvalue weighted by molar-refractivity contribution is -0.225. The van der Waals surface area contributed by atoms with E-state index in [0.717, 1.165) is 19.4 Å². The third-order valence-corrected chi connectivity index (χ3v) is 4.62. The van der Waals surface area contributed by atoms with Gasteiger partial charge in [0.25, 0.3) is 0 Å². The fourth-order valence-electron chi connectivity index (χ4n) is 3.42. The summed E-state index contributed by atoms with van der Waals surface area (Å²) in [4.78, 5) is 12.3. The van der Waals surface area contributed by atoms with Crippen LogP contribution in [0.1, 0.15) is 33.6 Å². The normalized spacial score (nSPS) is 39.4. The highest BCUT2D eigenvalue weighted by molar-refractivity contribution is 5.89. The molecule has 1 aliphatic carbocycles. The van der Waals surface area contributed by atoms with Crippen molar-refractivity contribution < 1.29 is 14.6 Å². The Morgan fingerprint density at radius 3 is 2.89 bits per heavy atom. The number of nitrogens with two attached hydrogens (primary N) is 1. The lowest BCUT2D eigenvalue weighted by atomic mass is 9.46. The van der Waals surface area contributed by atoms with E-state index in [4.69, 9.17) is 10.5 Å². The molecular weight excluding hydrogens is 232 g/mol. The molecule has 0 radical (unpaired) electrons. The maximum atomic E-state index is 12.3. The van der Waals surface area contributed by atoms with E-state index in [1.54, 1.807) is 6.92 Å². The number of carbonyl (C=O) groups excluding carboxylic acids is 1. The van der Waals surface area contributed by atoms with Crippen LogP contribution in [0, 0.1) is 11.3 Å². The van der Waals surface area contributed by atoms with Gasteiger partial charge in [0.1, 0.15) is 5.54 Å². The summed E-state index contributed by atoms with van der Waals surface area (Å²) in [6, 6.07) is 0. The average Bonchev–Trinajstić information content (AvgIpc) is 2.34. The van der Waals surface area contributed by atoms with E-state index < -0.39 is 11.6 Å². The Kier molecular flexibility index (Phi) is 3.42. The van der Waals surface area contributed by atoms with Gasteiger partial charge in [-0.05, 0) is 19.8 Å². The van der Waals surface area contributed by atoms with Crippen molar-refractivity contribution in [3.63, 3.8) is 0 Å². The predicted octanol–water partition coefficient (Wildman–Crippen LogP) is 0.0159. The molecule has 0 spiro atoms. The van der Waals surface area contributed by atoms with Crippen molar-refractivity contribution in [2.45, 2.75) is 51.4 Å². The van der Waals surface area contributed by atoms with Crippen LogP contribution in [-0.4, -0.2) is 41.9 Å². The van der Waals surface area contributed by atoms with E-state index in [-0.39, 0.29) is 29.9 Å². The second-order valence-corrected chi connectivity index (χ2v) is 6.19. The molecule has 0 bridgehead atoms. The van der Waals surface area contributed by atoms with Gasteiger partial charge in [0.05, 0.1) is 12.2 Å². The standard InChI is InChI=1S/C13H24N2O3/c1-8(16)7-15-11(17)13(14)9-5-4-6-18-10(9)12(13,2)3/h8-10,16H,4-7,14H2,1-3H3,(H,15,17)/t8-,9?,10?,13?/m0/s1. The van der Waals surface area contributed by atoms with Crippen LogP contribution in [0.15, 0.2) is 0 Å². The van der Waals surface area contributed by atoms with Crippen molar-refractivity contribution in [3.8, 4) is 0 Å². The highest BCUT2D eigenvalue weighted by Gasteiger charge is 2.70. The molecule has 18 heavy (non-hydrogen) atoms. The molecule has 1 saturated carbocycles. The zero-order chi connectivity index (χ0) is 13.6. The minimum absolute atomic E-state index is 0.0774. The molecule has 1 aliphatic heterocycles. The Hall–Kier alpha value is -0.650. The Bertz CT molecular complexity index is 343. The van der Waals surface area contributed by atoms with Gasteiger partial charge in [-0.2, -0.15) is 0 Å². The SMILES string of the molecule is C[C@H](O)CNC(=O)C1(N)C2CCCOC2C1(C)C. The second-order valence-electron chi connectivity index (χ2n) is 6.19. The van der Waals surface area contributed by atoms with E-state index in [1.165, 1.54) is 0 Å². The number of rotatable bonds is 3. The minimum atomic E-state index is -0.882. The number of aliphatic hydroxyl groups excluding tert-OH is 1. The summed E-state index contributed by atoms with van der Waals surface area (Å²) in [7, 11) is 0. The van der Waals surface area contributed by atoms with Crippen LogP contribution in [0.4, 0.5) is 0 Å².